The molecule has 0 N–H and O–H groups in total. The van der Waals surface area contributed by atoms with Crippen LogP contribution in [0.1, 0.15) is 54.4 Å². The number of amides is 1. The summed E-state index contributed by atoms with van der Waals surface area (Å²) in [5.74, 6) is -3.72. The van der Waals surface area contributed by atoms with Gasteiger partial charge in [0.25, 0.3) is 0 Å². The van der Waals surface area contributed by atoms with Crippen molar-refractivity contribution in [2.45, 2.75) is 60.3 Å². The van der Waals surface area contributed by atoms with Crippen LogP contribution in [0.15, 0.2) is 12.3 Å². The molecule has 0 aromatic carbocycles. The smallest absolute Gasteiger partial charge is 0.310 e. The number of carbonyl (C=O) groups is 3. The maximum Gasteiger partial charge on any atom is 0.310 e. The molecule has 0 bridgehead atoms. The highest BCUT2D eigenvalue weighted by Crippen LogP contribution is 2.17. The minimum Gasteiger partial charge on any atom is -0.394 e. The number of halogens is 2. The molecule has 0 saturated heterocycles. The Balaban J connectivity index is -0.000000283. The van der Waals surface area contributed by atoms with E-state index < -0.39 is 17.9 Å². The van der Waals surface area contributed by atoms with E-state index in [-0.39, 0.29) is 18.9 Å². The maximum absolute atomic E-state index is 11.7. The monoisotopic (exact) mass is 348 g/mol. The van der Waals surface area contributed by atoms with Gasteiger partial charge in [-0.15, -0.1) is 0 Å². The van der Waals surface area contributed by atoms with Crippen LogP contribution in [0.3, 0.4) is 0 Å². The summed E-state index contributed by atoms with van der Waals surface area (Å²) >= 11 is 0. The van der Waals surface area contributed by atoms with Crippen LogP contribution in [-0.2, 0) is 19.1 Å². The summed E-state index contributed by atoms with van der Waals surface area (Å²) < 4.78 is 27.4. The average Bonchev–Trinajstić information content (AvgIpc) is 2.33. The van der Waals surface area contributed by atoms with Crippen molar-refractivity contribution in [3.8, 4) is 6.07 Å². The third-order valence-electron chi connectivity index (χ3n) is 2.05. The van der Waals surface area contributed by atoms with Crippen molar-refractivity contribution in [1.82, 2.24) is 4.90 Å². The second-order valence-electron chi connectivity index (χ2n) is 4.90. The summed E-state index contributed by atoms with van der Waals surface area (Å²) in [7, 11) is 0. The fourth-order valence-electron chi connectivity index (χ4n) is 1.23. The second-order valence-corrected chi connectivity index (χ2v) is 4.90. The second kappa shape index (κ2) is 14.3. The van der Waals surface area contributed by atoms with Crippen molar-refractivity contribution in [3.05, 3.63) is 12.3 Å². The predicted molar refractivity (Wildman–Crippen MR) is 85.8 cm³/mol. The fraction of sp³-hybridized carbons (Fsp3) is 0.625. The van der Waals surface area contributed by atoms with E-state index in [2.05, 4.69) is 11.3 Å². The highest BCUT2D eigenvalue weighted by Gasteiger charge is 2.17. The van der Waals surface area contributed by atoms with Crippen molar-refractivity contribution in [2.24, 2.45) is 0 Å². The lowest BCUT2D eigenvalue weighted by Crippen LogP contribution is -2.26. The Morgan fingerprint density at radius 2 is 1.58 bits per heavy atom. The lowest BCUT2D eigenvalue weighted by Gasteiger charge is -2.15. The topological polar surface area (TPSA) is 87.5 Å². The molecule has 0 saturated carbocycles. The van der Waals surface area contributed by atoms with E-state index in [0.29, 0.717) is 12.1 Å². The molecule has 0 aliphatic rings. The molecule has 0 spiro atoms. The molecule has 138 valence electrons. The maximum atomic E-state index is 11.7. The molecule has 0 aromatic rings. The van der Waals surface area contributed by atoms with E-state index >= 15 is 0 Å². The molecule has 0 aromatic heterocycles. The van der Waals surface area contributed by atoms with Crippen LogP contribution in [0.25, 0.3) is 0 Å². The van der Waals surface area contributed by atoms with E-state index in [4.69, 9.17) is 5.26 Å². The minimum absolute atomic E-state index is 0.00694. The first-order chi connectivity index (χ1) is 10.8. The quantitative estimate of drug-likeness (QED) is 0.441. The Morgan fingerprint density at radius 1 is 1.17 bits per heavy atom. The molecular weight excluding hydrogens is 322 g/mol. The van der Waals surface area contributed by atoms with Gasteiger partial charge < -0.3 is 9.64 Å². The van der Waals surface area contributed by atoms with Crippen LogP contribution in [0.2, 0.25) is 0 Å². The van der Waals surface area contributed by atoms with Crippen LogP contribution in [-0.4, -0.2) is 35.2 Å². The van der Waals surface area contributed by atoms with E-state index in [9.17, 15) is 23.2 Å². The summed E-state index contributed by atoms with van der Waals surface area (Å²) in [6, 6.07) is 1.87. The third-order valence-corrected chi connectivity index (χ3v) is 2.05. The number of ether oxygens (including phenoxy) is 1. The van der Waals surface area contributed by atoms with Crippen LogP contribution < -0.4 is 0 Å². The molecular formula is C16H26F2N2O4. The number of allylic oxidation sites excluding steroid dienone is 1. The normalized spacial score (nSPS) is 9.12. The molecule has 24 heavy (non-hydrogen) atoms. The standard InChI is InChI=1S/C7H10N2O.C5H10F2.C4H6O3/c1-6(2)9(5-4-8)7(3)10;1-3-4-5(2,6)7;1-3(5)7-4(2)6/h1,5H2,2-3H3;3-4H2,1-2H3;1-2H3. The van der Waals surface area contributed by atoms with E-state index in [1.165, 1.54) is 25.7 Å². The number of nitriles is 1. The van der Waals surface area contributed by atoms with Gasteiger partial charge in [-0.05, 0) is 13.8 Å². The molecule has 0 aliphatic heterocycles. The summed E-state index contributed by atoms with van der Waals surface area (Å²) in [6.45, 7) is 11.8. The average molecular weight is 348 g/mol. The van der Waals surface area contributed by atoms with Crippen LogP contribution in [0.5, 0.6) is 0 Å². The predicted octanol–water partition coefficient (Wildman–Crippen LogP) is 3.43. The van der Waals surface area contributed by atoms with E-state index in [1.807, 2.05) is 6.07 Å². The summed E-state index contributed by atoms with van der Waals surface area (Å²) in [6.07, 6.45) is 0.566. The lowest BCUT2D eigenvalue weighted by molar-refractivity contribution is -0.156. The zero-order valence-corrected chi connectivity index (χ0v) is 15.1. The Labute approximate surface area is 142 Å². The Hall–Kier alpha value is -2.30. The number of hydrogen-bond donors (Lipinski definition) is 0. The van der Waals surface area contributed by atoms with Gasteiger partial charge in [0.2, 0.25) is 11.8 Å². The first-order valence-corrected chi connectivity index (χ1v) is 7.15. The third kappa shape index (κ3) is 24.7. The van der Waals surface area contributed by atoms with Gasteiger partial charge in [-0.2, -0.15) is 5.26 Å². The molecule has 0 atom stereocenters. The number of carbonyl (C=O) groups excluding carboxylic acids is 3. The number of rotatable bonds is 4. The fourth-order valence-corrected chi connectivity index (χ4v) is 1.23. The number of alkyl halides is 2. The zero-order chi connectivity index (χ0) is 19.9. The molecule has 0 heterocycles. The van der Waals surface area contributed by atoms with Crippen LogP contribution in [0, 0.1) is 11.3 Å². The van der Waals surface area contributed by atoms with Gasteiger partial charge >= 0.3 is 11.9 Å². The van der Waals surface area contributed by atoms with Gasteiger partial charge in [0.15, 0.2) is 0 Å². The molecule has 6 nitrogen and oxygen atoms in total. The highest BCUT2D eigenvalue weighted by molar-refractivity contribution is 5.82. The lowest BCUT2D eigenvalue weighted by atomic mass is 10.2. The van der Waals surface area contributed by atoms with Gasteiger partial charge in [0.05, 0.1) is 6.07 Å². The van der Waals surface area contributed by atoms with Crippen molar-refractivity contribution in [1.29, 1.82) is 5.26 Å². The first-order valence-electron chi connectivity index (χ1n) is 7.15. The zero-order valence-electron chi connectivity index (χ0n) is 15.1. The SMILES string of the molecule is C=C(C)N(CC#N)C(C)=O.CC(=O)OC(C)=O.CCCC(C)(F)F. The summed E-state index contributed by atoms with van der Waals surface area (Å²) in [5.41, 5.74) is 0.606. The Kier molecular flexibility index (Phi) is 15.8. The van der Waals surface area contributed by atoms with Crippen molar-refractivity contribution in [3.63, 3.8) is 0 Å². The van der Waals surface area contributed by atoms with Crippen molar-refractivity contribution >= 4 is 17.8 Å². The number of esters is 2. The van der Waals surface area contributed by atoms with Crippen molar-refractivity contribution in [2.75, 3.05) is 6.54 Å². The van der Waals surface area contributed by atoms with Crippen LogP contribution in [0.4, 0.5) is 8.78 Å². The molecule has 8 heteroatoms. The highest BCUT2D eigenvalue weighted by atomic mass is 19.3. The molecule has 0 unspecified atom stereocenters. The van der Waals surface area contributed by atoms with Gasteiger partial charge in [0, 0.05) is 32.9 Å². The molecule has 0 aliphatic carbocycles. The molecule has 0 fully saturated rings. The van der Waals surface area contributed by atoms with Crippen LogP contribution >= 0.6 is 0 Å². The van der Waals surface area contributed by atoms with E-state index in [0.717, 1.165) is 6.92 Å². The Bertz CT molecular complexity index is 440. The number of nitrogens with zero attached hydrogens (tertiary/aromatic N) is 2. The molecule has 0 rings (SSSR count). The Morgan fingerprint density at radius 3 is 1.62 bits per heavy atom. The van der Waals surface area contributed by atoms with Gasteiger partial charge in [0.1, 0.15) is 6.54 Å². The number of hydrogen-bond acceptors (Lipinski definition) is 5. The molecule has 1 amide bonds. The summed E-state index contributed by atoms with van der Waals surface area (Å²) in [5, 5.41) is 8.25. The first kappa shape index (κ1) is 26.6. The van der Waals surface area contributed by atoms with Gasteiger partial charge in [-0.3, -0.25) is 14.4 Å². The summed E-state index contributed by atoms with van der Waals surface area (Å²) in [4.78, 5) is 31.6. The van der Waals surface area contributed by atoms with Gasteiger partial charge in [-0.25, -0.2) is 8.78 Å². The largest absolute Gasteiger partial charge is 0.394 e. The van der Waals surface area contributed by atoms with E-state index in [1.54, 1.807) is 13.8 Å². The van der Waals surface area contributed by atoms with Crippen molar-refractivity contribution < 1.29 is 27.9 Å². The minimum atomic E-state index is -2.45. The van der Waals surface area contributed by atoms with Gasteiger partial charge in [-0.1, -0.05) is 19.9 Å². The molecule has 0 radical (unpaired) electrons.